The maximum absolute atomic E-state index is 12.4. The van der Waals surface area contributed by atoms with Crippen molar-refractivity contribution in [2.75, 3.05) is 18.9 Å². The van der Waals surface area contributed by atoms with Crippen molar-refractivity contribution in [1.82, 2.24) is 4.90 Å². The summed E-state index contributed by atoms with van der Waals surface area (Å²) in [7, 11) is 1.90. The maximum Gasteiger partial charge on any atom is 0.238 e. The highest BCUT2D eigenvalue weighted by Gasteiger charge is 2.11. The van der Waals surface area contributed by atoms with E-state index in [0.717, 1.165) is 21.2 Å². The van der Waals surface area contributed by atoms with Crippen LogP contribution in [0.3, 0.4) is 0 Å². The number of hydrogen-bond acceptors (Lipinski definition) is 4. The molecule has 0 atom stereocenters. The first-order chi connectivity index (χ1) is 12.2. The molecule has 0 spiro atoms. The Morgan fingerprint density at radius 2 is 1.80 bits per heavy atom. The summed E-state index contributed by atoms with van der Waals surface area (Å²) in [5.74, 6) is 0.797. The van der Waals surface area contributed by atoms with E-state index in [4.69, 9.17) is 4.42 Å². The molecule has 5 heteroatoms. The number of amides is 1. The molecule has 3 rings (SSSR count). The lowest BCUT2D eigenvalue weighted by Crippen LogP contribution is -2.29. The molecule has 0 aliphatic heterocycles. The van der Waals surface area contributed by atoms with Crippen molar-refractivity contribution in [3.8, 4) is 0 Å². The van der Waals surface area contributed by atoms with Crippen molar-refractivity contribution in [1.29, 1.82) is 0 Å². The minimum absolute atomic E-state index is 0.0461. The van der Waals surface area contributed by atoms with Crippen LogP contribution in [0.4, 0.5) is 5.69 Å². The first kappa shape index (κ1) is 17.3. The maximum atomic E-state index is 12.4. The fourth-order valence-corrected chi connectivity index (χ4v) is 3.36. The summed E-state index contributed by atoms with van der Waals surface area (Å²) < 4.78 is 5.31. The number of likely N-dealkylation sites (N-methyl/N-ethyl adjacent to an activating group) is 1. The van der Waals surface area contributed by atoms with Crippen molar-refractivity contribution in [2.24, 2.45) is 0 Å². The molecule has 1 heterocycles. The average molecular weight is 352 g/mol. The van der Waals surface area contributed by atoms with E-state index in [1.165, 1.54) is 0 Å². The summed E-state index contributed by atoms with van der Waals surface area (Å²) >= 11 is 1.64. The van der Waals surface area contributed by atoms with Gasteiger partial charge in [0.2, 0.25) is 5.91 Å². The van der Waals surface area contributed by atoms with Crippen LogP contribution in [0, 0.1) is 0 Å². The molecular weight excluding hydrogens is 332 g/mol. The first-order valence-corrected chi connectivity index (χ1v) is 8.85. The van der Waals surface area contributed by atoms with Crippen LogP contribution in [-0.4, -0.2) is 24.4 Å². The number of nitrogens with one attached hydrogen (secondary N) is 1. The Kier molecular flexibility index (Phi) is 5.93. The molecule has 0 aliphatic rings. The van der Waals surface area contributed by atoms with Gasteiger partial charge in [-0.05, 0) is 43.4 Å². The van der Waals surface area contributed by atoms with E-state index >= 15 is 0 Å². The van der Waals surface area contributed by atoms with E-state index in [1.54, 1.807) is 18.0 Å². The van der Waals surface area contributed by atoms with Gasteiger partial charge in [0.05, 0.1) is 25.0 Å². The second-order valence-corrected chi connectivity index (χ2v) is 6.83. The molecule has 2 aromatic carbocycles. The zero-order valence-corrected chi connectivity index (χ0v) is 14.8. The largest absolute Gasteiger partial charge is 0.468 e. The quantitative estimate of drug-likeness (QED) is 0.680. The molecule has 25 heavy (non-hydrogen) atoms. The van der Waals surface area contributed by atoms with Crippen molar-refractivity contribution in [3.05, 3.63) is 78.8 Å². The van der Waals surface area contributed by atoms with E-state index in [0.29, 0.717) is 13.1 Å². The molecule has 1 amide bonds. The smallest absolute Gasteiger partial charge is 0.238 e. The molecule has 1 aromatic heterocycles. The normalized spacial score (nSPS) is 10.8. The standard InChI is InChI=1S/C20H20N2O2S/c1-22(14-16-8-7-13-24-16)15-20(23)21-18-11-5-6-12-19(18)25-17-9-3-2-4-10-17/h2-13H,14-15H2,1H3,(H,21,23). The Balaban J connectivity index is 1.61. The third-order valence-corrected chi connectivity index (χ3v) is 4.64. The van der Waals surface area contributed by atoms with Gasteiger partial charge in [-0.1, -0.05) is 42.1 Å². The highest BCUT2D eigenvalue weighted by atomic mass is 32.2. The first-order valence-electron chi connectivity index (χ1n) is 8.03. The highest BCUT2D eigenvalue weighted by molar-refractivity contribution is 7.99. The molecule has 0 aliphatic carbocycles. The summed E-state index contributed by atoms with van der Waals surface area (Å²) in [6.45, 7) is 0.895. The lowest BCUT2D eigenvalue weighted by atomic mass is 10.3. The third kappa shape index (κ3) is 5.24. The number of para-hydroxylation sites is 1. The van der Waals surface area contributed by atoms with E-state index < -0.39 is 0 Å². The Morgan fingerprint density at radius 3 is 2.56 bits per heavy atom. The number of benzene rings is 2. The molecule has 128 valence electrons. The van der Waals surface area contributed by atoms with Crippen LogP contribution in [0.2, 0.25) is 0 Å². The van der Waals surface area contributed by atoms with Crippen LogP contribution in [0.15, 0.2) is 87.2 Å². The molecule has 0 bridgehead atoms. The lowest BCUT2D eigenvalue weighted by molar-refractivity contribution is -0.117. The van der Waals surface area contributed by atoms with Crippen LogP contribution in [0.1, 0.15) is 5.76 Å². The van der Waals surface area contributed by atoms with Crippen LogP contribution < -0.4 is 5.32 Å². The molecule has 1 N–H and O–H groups in total. The van der Waals surface area contributed by atoms with Crippen molar-refractivity contribution >= 4 is 23.4 Å². The highest BCUT2D eigenvalue weighted by Crippen LogP contribution is 2.33. The molecule has 0 unspecified atom stereocenters. The minimum Gasteiger partial charge on any atom is -0.468 e. The van der Waals surface area contributed by atoms with Crippen molar-refractivity contribution in [3.63, 3.8) is 0 Å². The van der Waals surface area contributed by atoms with Gasteiger partial charge >= 0.3 is 0 Å². The summed E-state index contributed by atoms with van der Waals surface area (Å²) in [6, 6.07) is 21.7. The number of carbonyl (C=O) groups excluding carboxylic acids is 1. The molecular formula is C20H20N2O2S. The average Bonchev–Trinajstić information content (AvgIpc) is 3.10. The summed E-state index contributed by atoms with van der Waals surface area (Å²) in [6.07, 6.45) is 1.64. The third-order valence-electron chi connectivity index (χ3n) is 3.55. The number of anilines is 1. The van der Waals surface area contributed by atoms with E-state index in [9.17, 15) is 4.79 Å². The number of nitrogens with zero attached hydrogens (tertiary/aromatic N) is 1. The number of carbonyl (C=O) groups is 1. The van der Waals surface area contributed by atoms with E-state index in [1.807, 2.05) is 66.5 Å². The molecule has 3 aromatic rings. The molecule has 0 saturated carbocycles. The second-order valence-electron chi connectivity index (χ2n) is 5.71. The monoisotopic (exact) mass is 352 g/mol. The van der Waals surface area contributed by atoms with Crippen LogP contribution >= 0.6 is 11.8 Å². The fourth-order valence-electron chi connectivity index (χ4n) is 2.43. The van der Waals surface area contributed by atoms with Crippen LogP contribution in [-0.2, 0) is 11.3 Å². The van der Waals surface area contributed by atoms with Gasteiger partial charge < -0.3 is 9.73 Å². The van der Waals surface area contributed by atoms with Crippen LogP contribution in [0.25, 0.3) is 0 Å². The van der Waals surface area contributed by atoms with Gasteiger partial charge in [0.15, 0.2) is 0 Å². The summed E-state index contributed by atoms with van der Waals surface area (Å²) in [5.41, 5.74) is 0.827. The molecule has 4 nitrogen and oxygen atoms in total. The van der Waals surface area contributed by atoms with Crippen molar-refractivity contribution in [2.45, 2.75) is 16.3 Å². The van der Waals surface area contributed by atoms with E-state index in [-0.39, 0.29) is 5.91 Å². The minimum atomic E-state index is -0.0461. The van der Waals surface area contributed by atoms with Gasteiger partial charge in [0, 0.05) is 9.79 Å². The van der Waals surface area contributed by atoms with Gasteiger partial charge in [-0.3, -0.25) is 9.69 Å². The topological polar surface area (TPSA) is 45.5 Å². The van der Waals surface area contributed by atoms with Gasteiger partial charge in [-0.15, -0.1) is 0 Å². The van der Waals surface area contributed by atoms with E-state index in [2.05, 4.69) is 17.4 Å². The Hall–Kier alpha value is -2.50. The number of hydrogen-bond donors (Lipinski definition) is 1. The lowest BCUT2D eigenvalue weighted by Gasteiger charge is -2.16. The predicted octanol–water partition coefficient (Wildman–Crippen LogP) is 4.50. The Bertz CT molecular complexity index is 804. The van der Waals surface area contributed by atoms with Gasteiger partial charge in [-0.25, -0.2) is 0 Å². The zero-order chi connectivity index (χ0) is 17.5. The second kappa shape index (κ2) is 8.55. The SMILES string of the molecule is CN(CC(=O)Nc1ccccc1Sc1ccccc1)Cc1ccco1. The Labute approximate surface area is 151 Å². The van der Waals surface area contributed by atoms with Gasteiger partial charge in [0.1, 0.15) is 5.76 Å². The Morgan fingerprint density at radius 1 is 1.04 bits per heavy atom. The molecule has 0 radical (unpaired) electrons. The summed E-state index contributed by atoms with van der Waals surface area (Å²) in [5, 5.41) is 3.01. The number of rotatable bonds is 7. The van der Waals surface area contributed by atoms with Crippen LogP contribution in [0.5, 0.6) is 0 Å². The summed E-state index contributed by atoms with van der Waals surface area (Å²) in [4.78, 5) is 16.4. The number of furan rings is 1. The predicted molar refractivity (Wildman–Crippen MR) is 101 cm³/mol. The van der Waals surface area contributed by atoms with Gasteiger partial charge in [-0.2, -0.15) is 0 Å². The zero-order valence-electron chi connectivity index (χ0n) is 14.0. The fraction of sp³-hybridized carbons (Fsp3) is 0.150. The molecule has 0 saturated heterocycles. The molecule has 0 fully saturated rings. The van der Waals surface area contributed by atoms with Crippen molar-refractivity contribution < 1.29 is 9.21 Å². The van der Waals surface area contributed by atoms with Gasteiger partial charge in [0.25, 0.3) is 0 Å².